The molecule has 0 aromatic carbocycles. The van der Waals surface area contributed by atoms with Gasteiger partial charge in [0.2, 0.25) is 0 Å². The average Bonchev–Trinajstić information content (AvgIpc) is 3.61. The van der Waals surface area contributed by atoms with Crippen LogP contribution in [-0.2, 0) is 61.9 Å². The standard InChI is InChI=1S/C32H44O14/c1-14-21(41-15(2)33)12-31(29(8,9)39)24(14)25(44-18(5)36)27(45-19(6)37)30(10)22(42-16(3)34)11-23(43-17(4)35)32(13-40-32)26(30)28(31)46-20(7)38/h21-23,25-28,39H,11-13H2,1-10H3/t21-,22+,23-,25+,26-,27-,28-,30+,31-,32-/m1/s1. The molecule has 3 fully saturated rings. The molecule has 0 amide bonds. The Kier molecular flexibility index (Phi) is 9.16. The third kappa shape index (κ3) is 5.67. The van der Waals surface area contributed by atoms with Crippen molar-refractivity contribution in [3.8, 4) is 0 Å². The number of rotatable bonds is 7. The number of ether oxygens (including phenoxy) is 7. The van der Waals surface area contributed by atoms with E-state index in [0.29, 0.717) is 5.57 Å². The number of hydrogen-bond acceptors (Lipinski definition) is 14. The number of esters is 6. The van der Waals surface area contributed by atoms with Crippen LogP contribution in [0.3, 0.4) is 0 Å². The molecule has 1 heterocycles. The first-order valence-electron chi connectivity index (χ1n) is 15.2. The Morgan fingerprint density at radius 1 is 0.739 bits per heavy atom. The maximum atomic E-state index is 13.1. The van der Waals surface area contributed by atoms with Gasteiger partial charge < -0.3 is 38.3 Å². The lowest BCUT2D eigenvalue weighted by molar-refractivity contribution is -0.248. The van der Waals surface area contributed by atoms with E-state index < -0.39 is 100 Å². The predicted octanol–water partition coefficient (Wildman–Crippen LogP) is 1.86. The molecule has 4 rings (SSSR count). The predicted molar refractivity (Wildman–Crippen MR) is 154 cm³/mol. The Hall–Kier alpha value is -3.52. The lowest BCUT2D eigenvalue weighted by Crippen LogP contribution is -2.69. The summed E-state index contributed by atoms with van der Waals surface area (Å²) < 4.78 is 41.8. The van der Waals surface area contributed by atoms with E-state index in [2.05, 4.69) is 0 Å². The van der Waals surface area contributed by atoms with Gasteiger partial charge in [-0.25, -0.2) is 0 Å². The van der Waals surface area contributed by atoms with Crippen molar-refractivity contribution >= 4 is 35.8 Å². The number of aliphatic hydroxyl groups is 1. The maximum Gasteiger partial charge on any atom is 0.303 e. The molecular weight excluding hydrogens is 608 g/mol. The highest BCUT2D eigenvalue weighted by Crippen LogP contribution is 2.69. The molecule has 1 spiro atoms. The maximum absolute atomic E-state index is 13.1. The van der Waals surface area contributed by atoms with E-state index in [9.17, 15) is 33.9 Å². The Balaban J connectivity index is 2.22. The first-order chi connectivity index (χ1) is 21.1. The van der Waals surface area contributed by atoms with Crippen LogP contribution in [0, 0.1) is 16.7 Å². The first kappa shape index (κ1) is 35.3. The molecule has 0 radical (unpaired) electrons. The van der Waals surface area contributed by atoms with Crippen molar-refractivity contribution in [2.45, 2.75) is 130 Å². The fraction of sp³-hybridized carbons (Fsp3) is 0.750. The van der Waals surface area contributed by atoms with E-state index in [1.807, 2.05) is 0 Å². The van der Waals surface area contributed by atoms with Gasteiger partial charge in [-0.05, 0) is 31.9 Å². The molecule has 10 atom stereocenters. The largest absolute Gasteiger partial charge is 0.462 e. The number of carbonyl (C=O) groups excluding carboxylic acids is 6. The number of epoxide rings is 1. The molecule has 1 aliphatic heterocycles. The molecule has 2 saturated carbocycles. The van der Waals surface area contributed by atoms with Crippen molar-refractivity contribution in [1.82, 2.24) is 0 Å². The quantitative estimate of drug-likeness (QED) is 0.181. The number of fused-ring (bicyclic) bond motifs is 3. The summed E-state index contributed by atoms with van der Waals surface area (Å²) in [6, 6.07) is 0. The second-order valence-corrected chi connectivity index (χ2v) is 13.5. The number of hydrogen-bond donors (Lipinski definition) is 1. The topological polar surface area (TPSA) is 191 Å². The van der Waals surface area contributed by atoms with Gasteiger partial charge >= 0.3 is 35.8 Å². The molecular formula is C32H44O14. The molecule has 0 aromatic rings. The van der Waals surface area contributed by atoms with Crippen LogP contribution in [0.25, 0.3) is 0 Å². The zero-order valence-corrected chi connectivity index (χ0v) is 27.9. The molecule has 0 aromatic heterocycles. The van der Waals surface area contributed by atoms with E-state index in [1.165, 1.54) is 41.5 Å². The highest BCUT2D eigenvalue weighted by molar-refractivity contribution is 5.71. The van der Waals surface area contributed by atoms with Crippen LogP contribution in [0.5, 0.6) is 0 Å². The summed E-state index contributed by atoms with van der Waals surface area (Å²) in [6.07, 6.45) is -7.73. The molecule has 256 valence electrons. The Morgan fingerprint density at radius 2 is 1.20 bits per heavy atom. The summed E-state index contributed by atoms with van der Waals surface area (Å²) in [5.41, 5.74) is -5.87. The van der Waals surface area contributed by atoms with E-state index in [-0.39, 0.29) is 25.0 Å². The first-order valence-corrected chi connectivity index (χ1v) is 15.2. The van der Waals surface area contributed by atoms with E-state index in [4.69, 9.17) is 33.2 Å². The SMILES string of the molecule is CC(=O)O[C@H]1C[C@@H](OC(C)=O)[C@]2(CO2)[C@@H]2[C@@H](OC(C)=O)[C@@]3(C(C)(C)O)C[C@@H](OC(C)=O)C(C)=C3[C@H](OC(C)=O)[C@@H](OC(C)=O)[C@@]12C. The zero-order valence-electron chi connectivity index (χ0n) is 27.9. The lowest BCUT2D eigenvalue weighted by Gasteiger charge is -2.57. The van der Waals surface area contributed by atoms with Crippen molar-refractivity contribution in [2.75, 3.05) is 6.61 Å². The summed E-state index contributed by atoms with van der Waals surface area (Å²) in [5, 5.41) is 12.3. The minimum atomic E-state index is -1.82. The third-order valence-electron chi connectivity index (χ3n) is 10.1. The van der Waals surface area contributed by atoms with Crippen LogP contribution in [0.4, 0.5) is 0 Å². The molecule has 0 unspecified atom stereocenters. The van der Waals surface area contributed by atoms with Gasteiger partial charge in [0, 0.05) is 60.3 Å². The van der Waals surface area contributed by atoms with Gasteiger partial charge in [0.25, 0.3) is 0 Å². The highest BCUT2D eigenvalue weighted by atomic mass is 16.6. The second-order valence-electron chi connectivity index (χ2n) is 13.5. The Labute approximate surface area is 267 Å². The van der Waals surface area contributed by atoms with Gasteiger partial charge in [0.05, 0.1) is 23.0 Å². The molecule has 3 aliphatic carbocycles. The van der Waals surface area contributed by atoms with Crippen molar-refractivity contribution in [3.05, 3.63) is 11.1 Å². The fourth-order valence-electron chi connectivity index (χ4n) is 8.55. The Morgan fingerprint density at radius 3 is 1.63 bits per heavy atom. The van der Waals surface area contributed by atoms with Crippen molar-refractivity contribution in [2.24, 2.45) is 16.7 Å². The average molecular weight is 653 g/mol. The minimum absolute atomic E-state index is 0.00583. The van der Waals surface area contributed by atoms with E-state index in [1.54, 1.807) is 13.8 Å². The summed E-state index contributed by atoms with van der Waals surface area (Å²) in [6.45, 7) is 13.4. The van der Waals surface area contributed by atoms with Gasteiger partial charge in [-0.2, -0.15) is 0 Å². The fourth-order valence-corrected chi connectivity index (χ4v) is 8.55. The summed E-state index contributed by atoms with van der Waals surface area (Å²) in [5.74, 6) is -5.43. The minimum Gasteiger partial charge on any atom is -0.462 e. The van der Waals surface area contributed by atoms with E-state index >= 15 is 0 Å². The zero-order chi connectivity index (χ0) is 34.7. The van der Waals surface area contributed by atoms with Crippen LogP contribution in [0.15, 0.2) is 11.1 Å². The highest BCUT2D eigenvalue weighted by Gasteiger charge is 2.81. The summed E-state index contributed by atoms with van der Waals surface area (Å²) in [7, 11) is 0. The van der Waals surface area contributed by atoms with Gasteiger partial charge in [-0.3, -0.25) is 28.8 Å². The van der Waals surface area contributed by atoms with Gasteiger partial charge in [-0.1, -0.05) is 6.92 Å². The van der Waals surface area contributed by atoms with Crippen molar-refractivity contribution < 1.29 is 67.0 Å². The molecule has 1 N–H and O–H groups in total. The van der Waals surface area contributed by atoms with Crippen molar-refractivity contribution in [1.29, 1.82) is 0 Å². The lowest BCUT2D eigenvalue weighted by atomic mass is 9.52. The van der Waals surface area contributed by atoms with Crippen molar-refractivity contribution in [3.63, 3.8) is 0 Å². The molecule has 4 aliphatic rings. The van der Waals surface area contributed by atoms with Crippen LogP contribution < -0.4 is 0 Å². The summed E-state index contributed by atoms with van der Waals surface area (Å²) in [4.78, 5) is 76.2. The van der Waals surface area contributed by atoms with Gasteiger partial charge in [0.1, 0.15) is 30.0 Å². The molecule has 14 heteroatoms. The smallest absolute Gasteiger partial charge is 0.303 e. The molecule has 1 saturated heterocycles. The molecule has 46 heavy (non-hydrogen) atoms. The molecule has 0 bridgehead atoms. The van der Waals surface area contributed by atoms with Crippen LogP contribution in [0.2, 0.25) is 0 Å². The summed E-state index contributed by atoms with van der Waals surface area (Å²) >= 11 is 0. The Bertz CT molecular complexity index is 1350. The monoisotopic (exact) mass is 652 g/mol. The van der Waals surface area contributed by atoms with Crippen LogP contribution in [-0.4, -0.2) is 95.4 Å². The normalized spacial score (nSPS) is 38.0. The van der Waals surface area contributed by atoms with Crippen LogP contribution in [0.1, 0.15) is 82.1 Å². The second kappa shape index (κ2) is 11.9. The molecule has 14 nitrogen and oxygen atoms in total. The van der Waals surface area contributed by atoms with E-state index in [0.717, 1.165) is 13.8 Å². The third-order valence-corrected chi connectivity index (χ3v) is 10.1. The van der Waals surface area contributed by atoms with Crippen LogP contribution >= 0.6 is 0 Å². The van der Waals surface area contributed by atoms with Gasteiger partial charge in [0.15, 0.2) is 12.2 Å². The number of carbonyl (C=O) groups is 6. The van der Waals surface area contributed by atoms with Gasteiger partial charge in [-0.15, -0.1) is 0 Å².